The molecule has 1 fully saturated rings. The molecule has 0 aliphatic heterocycles. The summed E-state index contributed by atoms with van der Waals surface area (Å²) in [4.78, 5) is 37.5. The van der Waals surface area contributed by atoms with E-state index in [2.05, 4.69) is 6.92 Å². The van der Waals surface area contributed by atoms with Crippen molar-refractivity contribution < 1.29 is 42.1 Å². The number of likely N-dealkylation sites (N-methyl/N-ethyl adjacent to an activating group) is 1. The maximum absolute atomic E-state index is 12.6. The fourth-order valence-corrected chi connectivity index (χ4v) is 7.51. The Morgan fingerprint density at radius 1 is 0.647 bits per heavy atom. The van der Waals surface area contributed by atoms with Gasteiger partial charge in [-0.2, -0.15) is 0 Å². The summed E-state index contributed by atoms with van der Waals surface area (Å²) in [5.41, 5.74) is 0. The minimum Gasteiger partial charge on any atom is -0.756 e. The number of hydrogen-bond donors (Lipinski definition) is 0. The van der Waals surface area contributed by atoms with Crippen molar-refractivity contribution in [2.45, 2.75) is 199 Å². The van der Waals surface area contributed by atoms with Gasteiger partial charge in [0.05, 0.1) is 27.7 Å². The summed E-state index contributed by atoms with van der Waals surface area (Å²) >= 11 is 0. The van der Waals surface area contributed by atoms with Gasteiger partial charge in [-0.15, -0.1) is 0 Å². The predicted octanol–water partition coefficient (Wildman–Crippen LogP) is 10.6. The molecule has 1 rings (SSSR count). The molecule has 10 heteroatoms. The highest BCUT2D eigenvalue weighted by atomic mass is 31.2. The lowest BCUT2D eigenvalue weighted by molar-refractivity contribution is -0.870. The van der Waals surface area contributed by atoms with Crippen LogP contribution in [-0.4, -0.2) is 70.0 Å². The van der Waals surface area contributed by atoms with Crippen molar-refractivity contribution in [2.75, 3.05) is 47.5 Å². The van der Waals surface area contributed by atoms with Gasteiger partial charge < -0.3 is 27.9 Å². The number of phosphoric ester groups is 1. The average molecular weight is 746 g/mol. The molecular formula is C41H80NO8P. The first-order valence-electron chi connectivity index (χ1n) is 21.3. The number of ether oxygens (including phenoxy) is 2. The standard InChI is InChI=1S/C41H80NO8P/c1-5-6-7-8-9-10-11-12-13-14-19-22-28-33-41(44)50-39(37-49-51(45,46)48-35-34-42(2,3)4)36-47-40(43)32-27-21-18-16-15-17-20-24-29-38-30-25-23-26-31-38/h38-39H,5-37H2,1-4H3/t39-/m1/s1. The van der Waals surface area contributed by atoms with Crippen molar-refractivity contribution in [1.29, 1.82) is 0 Å². The molecule has 1 aliphatic rings. The van der Waals surface area contributed by atoms with Crippen LogP contribution in [0.2, 0.25) is 0 Å². The predicted molar refractivity (Wildman–Crippen MR) is 206 cm³/mol. The Labute approximate surface area is 313 Å². The van der Waals surface area contributed by atoms with E-state index in [0.717, 1.165) is 38.0 Å². The van der Waals surface area contributed by atoms with Gasteiger partial charge in [0.1, 0.15) is 19.8 Å². The van der Waals surface area contributed by atoms with E-state index >= 15 is 0 Å². The molecule has 2 atom stereocenters. The maximum atomic E-state index is 12.6. The molecule has 9 nitrogen and oxygen atoms in total. The zero-order valence-electron chi connectivity index (χ0n) is 33.6. The Balaban J connectivity index is 2.28. The van der Waals surface area contributed by atoms with Gasteiger partial charge in [0.2, 0.25) is 0 Å². The molecule has 1 saturated carbocycles. The highest BCUT2D eigenvalue weighted by Crippen LogP contribution is 2.38. The minimum absolute atomic E-state index is 0.0246. The van der Waals surface area contributed by atoms with Crippen LogP contribution in [0.1, 0.15) is 193 Å². The van der Waals surface area contributed by atoms with Crippen LogP contribution in [0.15, 0.2) is 0 Å². The summed E-state index contributed by atoms with van der Waals surface area (Å²) in [5, 5.41) is 0. The molecule has 0 spiro atoms. The summed E-state index contributed by atoms with van der Waals surface area (Å²) in [6.45, 7) is 2.00. The normalized spacial score (nSPS) is 15.8. The van der Waals surface area contributed by atoms with Gasteiger partial charge in [0.25, 0.3) is 7.82 Å². The quantitative estimate of drug-likeness (QED) is 0.0273. The first kappa shape index (κ1) is 48.0. The molecule has 0 amide bonds. The lowest BCUT2D eigenvalue weighted by Gasteiger charge is -2.28. The number of esters is 2. The van der Waals surface area contributed by atoms with E-state index in [1.165, 1.54) is 135 Å². The molecule has 302 valence electrons. The van der Waals surface area contributed by atoms with Crippen LogP contribution in [0.3, 0.4) is 0 Å². The summed E-state index contributed by atoms with van der Waals surface area (Å²) < 4.78 is 33.9. The summed E-state index contributed by atoms with van der Waals surface area (Å²) in [7, 11) is 1.18. The topological polar surface area (TPSA) is 111 Å². The lowest BCUT2D eigenvalue weighted by Crippen LogP contribution is -2.37. The molecule has 0 aromatic heterocycles. The minimum atomic E-state index is -4.61. The molecule has 0 heterocycles. The monoisotopic (exact) mass is 746 g/mol. The molecule has 1 unspecified atom stereocenters. The van der Waals surface area contributed by atoms with Gasteiger partial charge in [0.15, 0.2) is 6.10 Å². The summed E-state index contributed by atoms with van der Waals surface area (Å²) in [6, 6.07) is 0. The van der Waals surface area contributed by atoms with Crippen LogP contribution < -0.4 is 4.89 Å². The van der Waals surface area contributed by atoms with Gasteiger partial charge in [-0.05, 0) is 18.8 Å². The SMILES string of the molecule is CCCCCCCCCCCCCCCC(=O)O[C@H](COC(=O)CCCCCCCCCCC1CCCCC1)COP(=O)([O-])OCC[N+](C)(C)C. The second kappa shape index (κ2) is 31.4. The Morgan fingerprint density at radius 3 is 1.63 bits per heavy atom. The van der Waals surface area contributed by atoms with E-state index in [1.54, 1.807) is 0 Å². The van der Waals surface area contributed by atoms with Gasteiger partial charge in [-0.25, -0.2) is 0 Å². The molecule has 0 radical (unpaired) electrons. The fourth-order valence-electron chi connectivity index (χ4n) is 6.78. The number of nitrogens with zero attached hydrogens (tertiary/aromatic N) is 1. The molecule has 0 aromatic carbocycles. The second-order valence-corrected chi connectivity index (χ2v) is 17.7. The Bertz CT molecular complexity index is 889. The highest BCUT2D eigenvalue weighted by molar-refractivity contribution is 7.45. The first-order chi connectivity index (χ1) is 24.5. The van der Waals surface area contributed by atoms with Gasteiger partial charge >= 0.3 is 11.9 Å². The maximum Gasteiger partial charge on any atom is 0.306 e. The van der Waals surface area contributed by atoms with Crippen LogP contribution >= 0.6 is 7.82 Å². The Hall–Kier alpha value is -0.990. The van der Waals surface area contributed by atoms with Crippen molar-refractivity contribution >= 4 is 19.8 Å². The number of carbonyl (C=O) groups is 2. The lowest BCUT2D eigenvalue weighted by atomic mass is 9.85. The summed E-state index contributed by atoms with van der Waals surface area (Å²) in [6.07, 6.45) is 33.1. The van der Waals surface area contributed by atoms with Crippen LogP contribution in [0.4, 0.5) is 0 Å². The molecule has 0 N–H and O–H groups in total. The van der Waals surface area contributed by atoms with Crippen LogP contribution in [0, 0.1) is 5.92 Å². The second-order valence-electron chi connectivity index (χ2n) is 16.2. The number of phosphoric acid groups is 1. The first-order valence-corrected chi connectivity index (χ1v) is 22.7. The van der Waals surface area contributed by atoms with Crippen molar-refractivity contribution in [3.63, 3.8) is 0 Å². The number of quaternary nitrogens is 1. The van der Waals surface area contributed by atoms with Crippen molar-refractivity contribution in [3.05, 3.63) is 0 Å². The third-order valence-electron chi connectivity index (χ3n) is 10.1. The van der Waals surface area contributed by atoms with E-state index in [0.29, 0.717) is 17.4 Å². The van der Waals surface area contributed by atoms with Crippen molar-refractivity contribution in [1.82, 2.24) is 0 Å². The molecular weight excluding hydrogens is 665 g/mol. The Morgan fingerprint density at radius 2 is 1.12 bits per heavy atom. The fraction of sp³-hybridized carbons (Fsp3) is 0.951. The van der Waals surface area contributed by atoms with Gasteiger partial charge in [-0.3, -0.25) is 14.2 Å². The van der Waals surface area contributed by atoms with Crippen LogP contribution in [0.25, 0.3) is 0 Å². The zero-order chi connectivity index (χ0) is 37.5. The zero-order valence-corrected chi connectivity index (χ0v) is 34.5. The van der Waals surface area contributed by atoms with Crippen LogP contribution in [0.5, 0.6) is 0 Å². The van der Waals surface area contributed by atoms with E-state index in [4.69, 9.17) is 18.5 Å². The van der Waals surface area contributed by atoms with Gasteiger partial charge in [-0.1, -0.05) is 167 Å². The van der Waals surface area contributed by atoms with Gasteiger partial charge in [0, 0.05) is 12.8 Å². The third-order valence-corrected chi connectivity index (χ3v) is 11.1. The van der Waals surface area contributed by atoms with E-state index in [9.17, 15) is 19.0 Å². The molecule has 0 bridgehead atoms. The Kier molecular flexibility index (Phi) is 29.5. The van der Waals surface area contributed by atoms with Crippen LogP contribution in [-0.2, 0) is 32.7 Å². The number of rotatable bonds is 35. The van der Waals surface area contributed by atoms with E-state index in [1.807, 2.05) is 21.1 Å². The largest absolute Gasteiger partial charge is 0.756 e. The van der Waals surface area contributed by atoms with E-state index < -0.39 is 26.5 Å². The highest BCUT2D eigenvalue weighted by Gasteiger charge is 2.22. The van der Waals surface area contributed by atoms with Crippen molar-refractivity contribution in [2.24, 2.45) is 5.92 Å². The third kappa shape index (κ3) is 32.2. The molecule has 51 heavy (non-hydrogen) atoms. The molecule has 0 aromatic rings. The number of carbonyl (C=O) groups excluding carboxylic acids is 2. The van der Waals surface area contributed by atoms with E-state index in [-0.39, 0.29) is 32.0 Å². The summed E-state index contributed by atoms with van der Waals surface area (Å²) in [5.74, 6) is 0.163. The van der Waals surface area contributed by atoms with Crippen molar-refractivity contribution in [3.8, 4) is 0 Å². The molecule has 0 saturated heterocycles. The number of unbranched alkanes of at least 4 members (excludes halogenated alkanes) is 19. The molecule has 1 aliphatic carbocycles. The average Bonchev–Trinajstić information content (AvgIpc) is 3.08. The number of hydrogen-bond acceptors (Lipinski definition) is 8. The smallest absolute Gasteiger partial charge is 0.306 e.